The molecule has 2 amide bonds. The van der Waals surface area contributed by atoms with E-state index in [1.807, 2.05) is 30.6 Å². The SMILES string of the molecule is Cc1sc2nc(CSC(C)C(=O)N3CCN(C(=O)C4CCCO4)CC3)[nH]c(=O)c2c1C. The highest BCUT2D eigenvalue weighted by Gasteiger charge is 2.32. The Kier molecular flexibility index (Phi) is 6.68. The number of aromatic amines is 1. The third-order valence-corrected chi connectivity index (χ3v) is 8.26. The smallest absolute Gasteiger partial charge is 0.259 e. The number of thiophene rings is 1. The second-order valence-electron chi connectivity index (χ2n) is 8.08. The van der Waals surface area contributed by atoms with E-state index in [0.717, 1.165) is 28.1 Å². The van der Waals surface area contributed by atoms with Crippen LogP contribution in [-0.2, 0) is 20.1 Å². The second-order valence-corrected chi connectivity index (χ2v) is 10.6. The molecule has 31 heavy (non-hydrogen) atoms. The van der Waals surface area contributed by atoms with E-state index >= 15 is 0 Å². The molecule has 2 atom stereocenters. The Morgan fingerprint density at radius 3 is 2.65 bits per heavy atom. The Balaban J connectivity index is 1.30. The molecule has 2 aliphatic heterocycles. The minimum atomic E-state index is -0.306. The second kappa shape index (κ2) is 9.30. The third-order valence-electron chi connectivity index (χ3n) is 6.01. The highest BCUT2D eigenvalue weighted by Crippen LogP contribution is 2.27. The van der Waals surface area contributed by atoms with E-state index in [1.165, 1.54) is 23.1 Å². The molecule has 0 saturated carbocycles. The number of rotatable bonds is 5. The molecular weight excluding hydrogens is 436 g/mol. The lowest BCUT2D eigenvalue weighted by Crippen LogP contribution is -2.54. The van der Waals surface area contributed by atoms with E-state index < -0.39 is 0 Å². The minimum absolute atomic E-state index is 0.0523. The van der Waals surface area contributed by atoms with Gasteiger partial charge in [0.25, 0.3) is 11.5 Å². The number of amides is 2. The monoisotopic (exact) mass is 464 g/mol. The summed E-state index contributed by atoms with van der Waals surface area (Å²) < 4.78 is 5.49. The number of H-pyrrole nitrogens is 1. The molecule has 0 spiro atoms. The van der Waals surface area contributed by atoms with Crippen molar-refractivity contribution < 1.29 is 14.3 Å². The highest BCUT2D eigenvalue weighted by molar-refractivity contribution is 7.99. The van der Waals surface area contributed by atoms with E-state index in [-0.39, 0.29) is 28.7 Å². The van der Waals surface area contributed by atoms with Crippen molar-refractivity contribution in [3.05, 3.63) is 26.6 Å². The first-order chi connectivity index (χ1) is 14.8. The number of ether oxygens (including phenoxy) is 1. The van der Waals surface area contributed by atoms with Crippen molar-refractivity contribution in [3.63, 3.8) is 0 Å². The van der Waals surface area contributed by atoms with Crippen LogP contribution in [0.4, 0.5) is 0 Å². The summed E-state index contributed by atoms with van der Waals surface area (Å²) in [6.45, 7) is 8.64. The van der Waals surface area contributed by atoms with Gasteiger partial charge in [0.2, 0.25) is 5.91 Å². The van der Waals surface area contributed by atoms with Gasteiger partial charge < -0.3 is 19.5 Å². The summed E-state index contributed by atoms with van der Waals surface area (Å²) in [6, 6.07) is 0. The topological polar surface area (TPSA) is 95.6 Å². The summed E-state index contributed by atoms with van der Waals surface area (Å²) in [6.07, 6.45) is 1.42. The van der Waals surface area contributed by atoms with Crippen molar-refractivity contribution in [3.8, 4) is 0 Å². The molecular formula is C21H28N4O4S2. The molecule has 168 valence electrons. The van der Waals surface area contributed by atoms with Crippen LogP contribution < -0.4 is 5.56 Å². The van der Waals surface area contributed by atoms with Crippen molar-refractivity contribution in [2.45, 2.75) is 50.7 Å². The average Bonchev–Trinajstić information content (AvgIpc) is 3.40. The van der Waals surface area contributed by atoms with Crippen LogP contribution in [0, 0.1) is 13.8 Å². The Morgan fingerprint density at radius 1 is 1.26 bits per heavy atom. The number of nitrogens with one attached hydrogen (secondary N) is 1. The average molecular weight is 465 g/mol. The third kappa shape index (κ3) is 4.65. The molecule has 0 aromatic carbocycles. The van der Waals surface area contributed by atoms with Crippen LogP contribution in [0.3, 0.4) is 0 Å². The van der Waals surface area contributed by atoms with Gasteiger partial charge in [-0.3, -0.25) is 14.4 Å². The summed E-state index contributed by atoms with van der Waals surface area (Å²) in [4.78, 5) is 50.7. The van der Waals surface area contributed by atoms with Gasteiger partial charge in [-0.1, -0.05) is 0 Å². The van der Waals surface area contributed by atoms with Gasteiger partial charge >= 0.3 is 0 Å². The van der Waals surface area contributed by atoms with Crippen LogP contribution >= 0.6 is 23.1 Å². The number of nitrogens with zero attached hydrogens (tertiary/aromatic N) is 3. The Morgan fingerprint density at radius 2 is 1.97 bits per heavy atom. The summed E-state index contributed by atoms with van der Waals surface area (Å²) in [5.74, 6) is 1.17. The number of thioether (sulfide) groups is 1. The summed E-state index contributed by atoms with van der Waals surface area (Å²) in [5.41, 5.74) is 0.863. The van der Waals surface area contributed by atoms with Crippen LogP contribution in [-0.4, -0.2) is 75.7 Å². The lowest BCUT2D eigenvalue weighted by Gasteiger charge is -2.36. The van der Waals surface area contributed by atoms with Crippen LogP contribution in [0.5, 0.6) is 0 Å². The molecule has 8 nitrogen and oxygen atoms in total. The van der Waals surface area contributed by atoms with Gasteiger partial charge in [-0.15, -0.1) is 23.1 Å². The number of hydrogen-bond acceptors (Lipinski definition) is 7. The van der Waals surface area contributed by atoms with Crippen molar-refractivity contribution in [2.75, 3.05) is 32.8 Å². The van der Waals surface area contributed by atoms with E-state index in [9.17, 15) is 14.4 Å². The van der Waals surface area contributed by atoms with Gasteiger partial charge in [0.15, 0.2) is 0 Å². The first-order valence-corrected chi connectivity index (χ1v) is 12.5. The van der Waals surface area contributed by atoms with E-state index in [0.29, 0.717) is 49.7 Å². The zero-order valence-corrected chi connectivity index (χ0v) is 19.7. The largest absolute Gasteiger partial charge is 0.368 e. The van der Waals surface area contributed by atoms with Gasteiger partial charge in [0.05, 0.1) is 16.4 Å². The van der Waals surface area contributed by atoms with Gasteiger partial charge in [-0.25, -0.2) is 4.98 Å². The number of hydrogen-bond donors (Lipinski definition) is 1. The van der Waals surface area contributed by atoms with Crippen molar-refractivity contribution in [1.82, 2.24) is 19.8 Å². The van der Waals surface area contributed by atoms with Crippen LogP contribution in [0.15, 0.2) is 4.79 Å². The maximum Gasteiger partial charge on any atom is 0.259 e. The van der Waals surface area contributed by atoms with Crippen LogP contribution in [0.1, 0.15) is 36.0 Å². The van der Waals surface area contributed by atoms with Crippen molar-refractivity contribution in [1.29, 1.82) is 0 Å². The van der Waals surface area contributed by atoms with Crippen LogP contribution in [0.25, 0.3) is 10.2 Å². The molecule has 2 aromatic heterocycles. The fraction of sp³-hybridized carbons (Fsp3) is 0.619. The molecule has 4 rings (SSSR count). The molecule has 2 unspecified atom stereocenters. The van der Waals surface area contributed by atoms with Gasteiger partial charge in [-0.2, -0.15) is 0 Å². The van der Waals surface area contributed by atoms with Gasteiger partial charge in [-0.05, 0) is 39.2 Å². The Bertz CT molecular complexity index is 1040. The number of carbonyl (C=O) groups is 2. The maximum atomic E-state index is 12.9. The normalized spacial score (nSPS) is 20.4. The predicted molar refractivity (Wildman–Crippen MR) is 123 cm³/mol. The summed E-state index contributed by atoms with van der Waals surface area (Å²) in [7, 11) is 0. The molecule has 0 radical (unpaired) electrons. The molecule has 0 bridgehead atoms. The summed E-state index contributed by atoms with van der Waals surface area (Å²) >= 11 is 2.99. The van der Waals surface area contributed by atoms with Crippen molar-refractivity contribution >= 4 is 45.1 Å². The lowest BCUT2D eigenvalue weighted by atomic mass is 10.2. The zero-order valence-electron chi connectivity index (χ0n) is 18.1. The molecule has 2 aromatic rings. The molecule has 1 N–H and O–H groups in total. The van der Waals surface area contributed by atoms with Crippen molar-refractivity contribution in [2.24, 2.45) is 0 Å². The van der Waals surface area contributed by atoms with Gasteiger partial charge in [0.1, 0.15) is 16.8 Å². The zero-order chi connectivity index (χ0) is 22.1. The number of aromatic nitrogens is 2. The van der Waals surface area contributed by atoms with E-state index in [2.05, 4.69) is 9.97 Å². The Labute approximate surface area is 189 Å². The highest BCUT2D eigenvalue weighted by atomic mass is 32.2. The molecule has 2 saturated heterocycles. The van der Waals surface area contributed by atoms with Gasteiger partial charge in [0, 0.05) is 37.7 Å². The maximum absolute atomic E-state index is 12.9. The Hall–Kier alpha value is -1.91. The van der Waals surface area contributed by atoms with E-state index in [4.69, 9.17) is 4.74 Å². The fourth-order valence-electron chi connectivity index (χ4n) is 4.02. The quantitative estimate of drug-likeness (QED) is 0.728. The first kappa shape index (κ1) is 22.3. The first-order valence-electron chi connectivity index (χ1n) is 10.6. The number of carbonyl (C=O) groups excluding carboxylic acids is 2. The standard InChI is InChI=1S/C21H28N4O4S2/c1-12-13(2)31-19-17(12)18(26)22-16(23-19)11-30-14(3)20(27)24-6-8-25(9-7-24)21(28)15-5-4-10-29-15/h14-15H,4-11H2,1-3H3,(H,22,23,26). The number of fused-ring (bicyclic) bond motifs is 1. The molecule has 2 aliphatic rings. The summed E-state index contributed by atoms with van der Waals surface area (Å²) in [5, 5.41) is 0.407. The fourth-order valence-corrected chi connectivity index (χ4v) is 5.91. The lowest BCUT2D eigenvalue weighted by molar-refractivity contribution is -0.145. The number of piperazine rings is 1. The molecule has 0 aliphatic carbocycles. The molecule has 2 fully saturated rings. The van der Waals surface area contributed by atoms with E-state index in [1.54, 1.807) is 0 Å². The van der Waals surface area contributed by atoms with Crippen LogP contribution in [0.2, 0.25) is 0 Å². The molecule has 4 heterocycles. The number of aryl methyl sites for hydroxylation is 2. The minimum Gasteiger partial charge on any atom is -0.368 e. The molecule has 10 heteroatoms. The predicted octanol–water partition coefficient (Wildman–Crippen LogP) is 2.07.